The van der Waals surface area contributed by atoms with Crippen molar-refractivity contribution < 1.29 is 4.79 Å². The maximum atomic E-state index is 12.2. The van der Waals surface area contributed by atoms with Crippen molar-refractivity contribution in [2.45, 2.75) is 25.4 Å². The van der Waals surface area contributed by atoms with Gasteiger partial charge in [0.05, 0.1) is 16.2 Å². The molecule has 2 fully saturated rings. The number of amides is 1. The van der Waals surface area contributed by atoms with Crippen LogP contribution in [0.4, 0.5) is 0 Å². The summed E-state index contributed by atoms with van der Waals surface area (Å²) in [5.41, 5.74) is 0. The van der Waals surface area contributed by atoms with Gasteiger partial charge in [0.15, 0.2) is 0 Å². The Hall–Kier alpha value is -0.390. The second-order valence-electron chi connectivity index (χ2n) is 4.73. The standard InChI is InChI=1S/C12H15BrN2OS/c13-11-4-3-8(17-11)6-15-7-10-9(12(15)16)2-1-5-14-10/h3-4,9-10,14H,1-2,5-7H2. The molecule has 2 aliphatic heterocycles. The largest absolute Gasteiger partial charge is 0.336 e. The van der Waals surface area contributed by atoms with E-state index >= 15 is 0 Å². The van der Waals surface area contributed by atoms with E-state index in [1.165, 1.54) is 4.88 Å². The van der Waals surface area contributed by atoms with Crippen molar-refractivity contribution in [3.63, 3.8) is 0 Å². The summed E-state index contributed by atoms with van der Waals surface area (Å²) in [6.45, 7) is 2.70. The van der Waals surface area contributed by atoms with Crippen LogP contribution in [0.2, 0.25) is 0 Å². The fourth-order valence-electron chi connectivity index (χ4n) is 2.77. The van der Waals surface area contributed by atoms with Gasteiger partial charge in [-0.2, -0.15) is 0 Å². The molecule has 0 aliphatic carbocycles. The van der Waals surface area contributed by atoms with Crippen LogP contribution in [0.3, 0.4) is 0 Å². The summed E-state index contributed by atoms with van der Waals surface area (Å²) in [7, 11) is 0. The molecule has 0 saturated carbocycles. The second kappa shape index (κ2) is 4.71. The van der Waals surface area contributed by atoms with E-state index in [1.807, 2.05) is 11.0 Å². The maximum absolute atomic E-state index is 12.2. The highest BCUT2D eigenvalue weighted by atomic mass is 79.9. The third-order valence-corrected chi connectivity index (χ3v) is 5.21. The summed E-state index contributed by atoms with van der Waals surface area (Å²) < 4.78 is 1.13. The SMILES string of the molecule is O=C1C2CCCNC2CN1Cc1ccc(Br)s1. The van der Waals surface area contributed by atoms with Crippen LogP contribution in [-0.2, 0) is 11.3 Å². The van der Waals surface area contributed by atoms with Crippen LogP contribution in [-0.4, -0.2) is 29.9 Å². The molecule has 1 N–H and O–H groups in total. The first kappa shape index (κ1) is 11.7. The van der Waals surface area contributed by atoms with E-state index in [9.17, 15) is 4.79 Å². The lowest BCUT2D eigenvalue weighted by molar-refractivity contribution is -0.131. The highest BCUT2D eigenvalue weighted by Crippen LogP contribution is 2.29. The molecule has 0 radical (unpaired) electrons. The molecular formula is C12H15BrN2OS. The van der Waals surface area contributed by atoms with Crippen LogP contribution in [0.15, 0.2) is 15.9 Å². The number of piperidine rings is 1. The molecule has 5 heteroatoms. The number of fused-ring (bicyclic) bond motifs is 1. The average molecular weight is 315 g/mol. The van der Waals surface area contributed by atoms with Crippen LogP contribution < -0.4 is 5.32 Å². The van der Waals surface area contributed by atoms with E-state index in [2.05, 4.69) is 27.3 Å². The number of nitrogens with zero attached hydrogens (tertiary/aromatic N) is 1. The van der Waals surface area contributed by atoms with Crippen molar-refractivity contribution in [1.82, 2.24) is 10.2 Å². The van der Waals surface area contributed by atoms with Gasteiger partial charge in [-0.3, -0.25) is 4.79 Å². The fourth-order valence-corrected chi connectivity index (χ4v) is 4.27. The fraction of sp³-hybridized carbons (Fsp3) is 0.583. The molecule has 1 aromatic rings. The second-order valence-corrected chi connectivity index (χ2v) is 7.28. The third-order valence-electron chi connectivity index (χ3n) is 3.61. The Kier molecular flexibility index (Phi) is 3.23. The minimum absolute atomic E-state index is 0.229. The van der Waals surface area contributed by atoms with Gasteiger partial charge in [-0.1, -0.05) is 0 Å². The van der Waals surface area contributed by atoms with Crippen molar-refractivity contribution in [3.05, 3.63) is 20.8 Å². The molecule has 2 atom stereocenters. The Morgan fingerprint density at radius 3 is 3.12 bits per heavy atom. The minimum atomic E-state index is 0.229. The van der Waals surface area contributed by atoms with Gasteiger partial charge in [-0.25, -0.2) is 0 Å². The van der Waals surface area contributed by atoms with E-state index in [1.54, 1.807) is 11.3 Å². The van der Waals surface area contributed by atoms with Crippen molar-refractivity contribution in [1.29, 1.82) is 0 Å². The normalized spacial score (nSPS) is 28.5. The molecule has 3 nitrogen and oxygen atoms in total. The quantitative estimate of drug-likeness (QED) is 0.908. The van der Waals surface area contributed by atoms with Gasteiger partial charge in [0, 0.05) is 17.5 Å². The Morgan fingerprint density at radius 2 is 2.41 bits per heavy atom. The minimum Gasteiger partial charge on any atom is -0.336 e. The zero-order valence-corrected chi connectivity index (χ0v) is 11.9. The lowest BCUT2D eigenvalue weighted by Gasteiger charge is -2.23. The molecule has 0 aromatic carbocycles. The number of halogens is 1. The lowest BCUT2D eigenvalue weighted by Crippen LogP contribution is -2.41. The predicted octanol–water partition coefficient (Wildman–Crippen LogP) is 2.22. The summed E-state index contributed by atoms with van der Waals surface area (Å²) >= 11 is 5.17. The highest BCUT2D eigenvalue weighted by Gasteiger charge is 2.41. The van der Waals surface area contributed by atoms with E-state index < -0.39 is 0 Å². The summed E-state index contributed by atoms with van der Waals surface area (Å²) in [6, 6.07) is 4.53. The van der Waals surface area contributed by atoms with E-state index in [0.717, 1.165) is 36.3 Å². The molecule has 92 valence electrons. The Bertz CT molecular complexity index is 434. The average Bonchev–Trinajstić information content (AvgIpc) is 2.86. The Balaban J connectivity index is 1.70. The first-order valence-corrected chi connectivity index (χ1v) is 7.61. The molecule has 2 unspecified atom stereocenters. The van der Waals surface area contributed by atoms with Gasteiger partial charge in [-0.15, -0.1) is 11.3 Å². The number of likely N-dealkylation sites (tertiary alicyclic amines) is 1. The number of nitrogens with one attached hydrogen (secondary N) is 1. The smallest absolute Gasteiger partial charge is 0.227 e. The summed E-state index contributed by atoms with van der Waals surface area (Å²) in [6.07, 6.45) is 2.19. The van der Waals surface area contributed by atoms with Crippen LogP contribution in [0, 0.1) is 5.92 Å². The molecule has 1 amide bonds. The van der Waals surface area contributed by atoms with Gasteiger partial charge >= 0.3 is 0 Å². The number of hydrogen-bond acceptors (Lipinski definition) is 3. The van der Waals surface area contributed by atoms with Crippen LogP contribution in [0.1, 0.15) is 17.7 Å². The van der Waals surface area contributed by atoms with Crippen molar-refractivity contribution >= 4 is 33.2 Å². The summed E-state index contributed by atoms with van der Waals surface area (Å²) in [4.78, 5) is 15.5. The third kappa shape index (κ3) is 2.28. The molecule has 3 heterocycles. The van der Waals surface area contributed by atoms with Gasteiger partial charge in [0.25, 0.3) is 0 Å². The molecule has 17 heavy (non-hydrogen) atoms. The highest BCUT2D eigenvalue weighted by molar-refractivity contribution is 9.11. The number of carbonyl (C=O) groups is 1. The van der Waals surface area contributed by atoms with Gasteiger partial charge in [0.2, 0.25) is 5.91 Å². The number of rotatable bonds is 2. The first-order valence-electron chi connectivity index (χ1n) is 6.00. The molecule has 2 saturated heterocycles. The Morgan fingerprint density at radius 1 is 1.53 bits per heavy atom. The predicted molar refractivity (Wildman–Crippen MR) is 72.0 cm³/mol. The van der Waals surface area contributed by atoms with Crippen LogP contribution >= 0.6 is 27.3 Å². The van der Waals surface area contributed by atoms with Gasteiger partial charge in [-0.05, 0) is 47.4 Å². The van der Waals surface area contributed by atoms with Crippen LogP contribution in [0.5, 0.6) is 0 Å². The number of hydrogen-bond donors (Lipinski definition) is 1. The molecular weight excluding hydrogens is 300 g/mol. The topological polar surface area (TPSA) is 32.3 Å². The van der Waals surface area contributed by atoms with Crippen molar-refractivity contribution in [3.8, 4) is 0 Å². The molecule has 1 aromatic heterocycles. The molecule has 0 bridgehead atoms. The molecule has 0 spiro atoms. The van der Waals surface area contributed by atoms with Gasteiger partial charge in [0.1, 0.15) is 0 Å². The summed E-state index contributed by atoms with van der Waals surface area (Å²) in [5.74, 6) is 0.568. The van der Waals surface area contributed by atoms with Crippen LogP contribution in [0.25, 0.3) is 0 Å². The maximum Gasteiger partial charge on any atom is 0.227 e. The number of thiophene rings is 1. The molecule has 3 rings (SSSR count). The van der Waals surface area contributed by atoms with E-state index in [4.69, 9.17) is 0 Å². The van der Waals surface area contributed by atoms with Gasteiger partial charge < -0.3 is 10.2 Å². The first-order chi connectivity index (χ1) is 8.24. The van der Waals surface area contributed by atoms with E-state index in [0.29, 0.717) is 11.9 Å². The van der Waals surface area contributed by atoms with Crippen molar-refractivity contribution in [2.24, 2.45) is 5.92 Å². The van der Waals surface area contributed by atoms with E-state index in [-0.39, 0.29) is 5.92 Å². The number of carbonyl (C=O) groups excluding carboxylic acids is 1. The Labute approximate surface area is 113 Å². The molecule has 2 aliphatic rings. The summed E-state index contributed by atoms with van der Waals surface area (Å²) in [5, 5.41) is 3.46. The monoisotopic (exact) mass is 314 g/mol. The lowest BCUT2D eigenvalue weighted by atomic mass is 9.94. The zero-order chi connectivity index (χ0) is 11.8. The zero-order valence-electron chi connectivity index (χ0n) is 9.49. The van der Waals surface area contributed by atoms with Crippen molar-refractivity contribution in [2.75, 3.05) is 13.1 Å².